The Balaban J connectivity index is 1.60. The first-order valence-electron chi connectivity index (χ1n) is 8.33. The van der Waals surface area contributed by atoms with E-state index in [1.165, 1.54) is 30.4 Å². The molecule has 1 fully saturated rings. The lowest BCUT2D eigenvalue weighted by Gasteiger charge is -2.37. The van der Waals surface area contributed by atoms with E-state index < -0.39 is 0 Å². The minimum absolute atomic E-state index is 0.196. The minimum Gasteiger partial charge on any atom is -0.493 e. The standard InChI is InChI=1S/C19H26O2/c1-19(2)11-4-3-5-16(19)17(20)8-6-14-7-9-18-15(13-14)10-12-21-18/h7,9,13,16H,3-6,8,10-12H2,1-2H3. The summed E-state index contributed by atoms with van der Waals surface area (Å²) in [6, 6.07) is 6.40. The number of Topliss-reactive ketones (excluding diaryl/α,β-unsaturated/α-hetero) is 1. The van der Waals surface area contributed by atoms with Crippen molar-refractivity contribution in [2.75, 3.05) is 6.61 Å². The highest BCUT2D eigenvalue weighted by molar-refractivity contribution is 5.82. The smallest absolute Gasteiger partial charge is 0.136 e. The zero-order valence-electron chi connectivity index (χ0n) is 13.3. The zero-order valence-corrected chi connectivity index (χ0v) is 13.3. The molecule has 0 N–H and O–H groups in total. The van der Waals surface area contributed by atoms with Crippen molar-refractivity contribution >= 4 is 5.78 Å². The average Bonchev–Trinajstić information content (AvgIpc) is 2.91. The lowest BCUT2D eigenvalue weighted by Crippen LogP contribution is -2.34. The summed E-state index contributed by atoms with van der Waals surface area (Å²) < 4.78 is 5.53. The van der Waals surface area contributed by atoms with Crippen LogP contribution in [0.2, 0.25) is 0 Å². The molecule has 1 saturated carbocycles. The summed E-state index contributed by atoms with van der Waals surface area (Å²) in [5.74, 6) is 1.76. The summed E-state index contributed by atoms with van der Waals surface area (Å²) in [6.45, 7) is 5.33. The number of aryl methyl sites for hydroxylation is 1. The number of hydrogen-bond donors (Lipinski definition) is 0. The normalized spacial score (nSPS) is 23.4. The molecule has 2 nitrogen and oxygen atoms in total. The van der Waals surface area contributed by atoms with E-state index in [4.69, 9.17) is 4.74 Å². The quantitative estimate of drug-likeness (QED) is 0.823. The van der Waals surface area contributed by atoms with E-state index in [0.29, 0.717) is 12.2 Å². The molecule has 2 aliphatic rings. The molecule has 1 atom stereocenters. The third-order valence-corrected chi connectivity index (χ3v) is 5.31. The van der Waals surface area contributed by atoms with Crippen LogP contribution in [0.15, 0.2) is 18.2 Å². The van der Waals surface area contributed by atoms with Crippen molar-refractivity contribution in [3.8, 4) is 5.75 Å². The highest BCUT2D eigenvalue weighted by atomic mass is 16.5. The van der Waals surface area contributed by atoms with Crippen molar-refractivity contribution in [1.82, 2.24) is 0 Å². The molecule has 1 aliphatic carbocycles. The molecule has 0 saturated heterocycles. The first kappa shape index (κ1) is 14.6. The number of hydrogen-bond acceptors (Lipinski definition) is 2. The highest BCUT2D eigenvalue weighted by Crippen LogP contribution is 2.41. The van der Waals surface area contributed by atoms with Crippen LogP contribution in [0.25, 0.3) is 0 Å². The van der Waals surface area contributed by atoms with Gasteiger partial charge in [0.1, 0.15) is 11.5 Å². The first-order valence-corrected chi connectivity index (χ1v) is 8.33. The van der Waals surface area contributed by atoms with Crippen LogP contribution >= 0.6 is 0 Å². The number of ketones is 1. The van der Waals surface area contributed by atoms with E-state index in [1.807, 2.05) is 0 Å². The fourth-order valence-corrected chi connectivity index (χ4v) is 3.93. The Bertz CT molecular complexity index is 530. The molecule has 0 radical (unpaired) electrons. The van der Waals surface area contributed by atoms with Crippen molar-refractivity contribution < 1.29 is 9.53 Å². The number of carbonyl (C=O) groups excluding carboxylic acids is 1. The van der Waals surface area contributed by atoms with Gasteiger partial charge in [-0.3, -0.25) is 4.79 Å². The zero-order chi connectivity index (χ0) is 14.9. The van der Waals surface area contributed by atoms with Gasteiger partial charge < -0.3 is 4.74 Å². The summed E-state index contributed by atoms with van der Waals surface area (Å²) in [6.07, 6.45) is 7.35. The predicted molar refractivity (Wildman–Crippen MR) is 84.7 cm³/mol. The van der Waals surface area contributed by atoms with Gasteiger partial charge in [0.15, 0.2) is 0 Å². The van der Waals surface area contributed by atoms with Crippen LogP contribution < -0.4 is 4.74 Å². The molecule has 114 valence electrons. The summed E-state index contributed by atoms with van der Waals surface area (Å²) in [7, 11) is 0. The third-order valence-electron chi connectivity index (χ3n) is 5.31. The van der Waals surface area contributed by atoms with Gasteiger partial charge in [-0.25, -0.2) is 0 Å². The van der Waals surface area contributed by atoms with Crippen molar-refractivity contribution in [3.63, 3.8) is 0 Å². The Morgan fingerprint density at radius 3 is 3.00 bits per heavy atom. The molecule has 2 heteroatoms. The van der Waals surface area contributed by atoms with E-state index in [1.54, 1.807) is 0 Å². The second kappa shape index (κ2) is 5.82. The van der Waals surface area contributed by atoms with E-state index in [-0.39, 0.29) is 11.3 Å². The summed E-state index contributed by atoms with van der Waals surface area (Å²) in [5.41, 5.74) is 2.78. The van der Waals surface area contributed by atoms with Crippen molar-refractivity contribution in [1.29, 1.82) is 0 Å². The van der Waals surface area contributed by atoms with Gasteiger partial charge in [-0.1, -0.05) is 38.8 Å². The fraction of sp³-hybridized carbons (Fsp3) is 0.632. The summed E-state index contributed by atoms with van der Waals surface area (Å²) in [4.78, 5) is 12.6. The molecule has 1 heterocycles. The van der Waals surface area contributed by atoms with Crippen LogP contribution in [0.1, 0.15) is 57.1 Å². The molecule has 21 heavy (non-hydrogen) atoms. The molecule has 0 aromatic heterocycles. The topological polar surface area (TPSA) is 26.3 Å². The SMILES string of the molecule is CC1(C)CCCCC1C(=O)CCc1ccc2c(c1)CCO2. The van der Waals surface area contributed by atoms with Gasteiger partial charge in [0, 0.05) is 18.8 Å². The maximum atomic E-state index is 12.6. The van der Waals surface area contributed by atoms with Gasteiger partial charge in [0.25, 0.3) is 0 Å². The molecule has 3 rings (SSSR count). The van der Waals surface area contributed by atoms with Gasteiger partial charge in [-0.15, -0.1) is 0 Å². The van der Waals surface area contributed by atoms with Crippen LogP contribution in [0, 0.1) is 11.3 Å². The Morgan fingerprint density at radius 1 is 1.33 bits per heavy atom. The second-order valence-electron chi connectivity index (χ2n) is 7.29. The molecule has 0 spiro atoms. The Morgan fingerprint density at radius 2 is 2.19 bits per heavy atom. The Kier molecular flexibility index (Phi) is 4.05. The second-order valence-corrected chi connectivity index (χ2v) is 7.29. The summed E-state index contributed by atoms with van der Waals surface area (Å²) in [5, 5.41) is 0. The first-order chi connectivity index (χ1) is 10.1. The van der Waals surface area contributed by atoms with Crippen LogP contribution in [0.5, 0.6) is 5.75 Å². The monoisotopic (exact) mass is 286 g/mol. The average molecular weight is 286 g/mol. The van der Waals surface area contributed by atoms with Gasteiger partial charge >= 0.3 is 0 Å². The molecule has 1 aromatic rings. The molecule has 1 aliphatic heterocycles. The lowest BCUT2D eigenvalue weighted by molar-refractivity contribution is -0.127. The van der Waals surface area contributed by atoms with Crippen molar-refractivity contribution in [2.45, 2.75) is 58.8 Å². The van der Waals surface area contributed by atoms with Crippen LogP contribution in [0.3, 0.4) is 0 Å². The maximum absolute atomic E-state index is 12.6. The minimum atomic E-state index is 0.196. The van der Waals surface area contributed by atoms with Gasteiger partial charge in [0.2, 0.25) is 0 Å². The maximum Gasteiger partial charge on any atom is 0.136 e. The largest absolute Gasteiger partial charge is 0.493 e. The molecule has 0 bridgehead atoms. The fourth-order valence-electron chi connectivity index (χ4n) is 3.93. The van der Waals surface area contributed by atoms with E-state index in [0.717, 1.165) is 31.6 Å². The molecule has 1 unspecified atom stereocenters. The molecule has 1 aromatic carbocycles. The Labute approximate surface area is 127 Å². The molecular formula is C19H26O2. The number of fused-ring (bicyclic) bond motifs is 1. The van der Waals surface area contributed by atoms with Gasteiger partial charge in [0.05, 0.1) is 6.61 Å². The van der Waals surface area contributed by atoms with E-state index in [2.05, 4.69) is 32.0 Å². The Hall–Kier alpha value is -1.31. The number of carbonyl (C=O) groups is 1. The van der Waals surface area contributed by atoms with Crippen molar-refractivity contribution in [3.05, 3.63) is 29.3 Å². The van der Waals surface area contributed by atoms with E-state index >= 15 is 0 Å². The lowest BCUT2D eigenvalue weighted by atomic mass is 9.66. The summed E-state index contributed by atoms with van der Waals surface area (Å²) >= 11 is 0. The van der Waals surface area contributed by atoms with Gasteiger partial charge in [-0.05, 0) is 41.9 Å². The number of rotatable bonds is 4. The highest BCUT2D eigenvalue weighted by Gasteiger charge is 2.36. The van der Waals surface area contributed by atoms with Crippen LogP contribution in [-0.2, 0) is 17.6 Å². The van der Waals surface area contributed by atoms with Crippen molar-refractivity contribution in [2.24, 2.45) is 11.3 Å². The number of ether oxygens (including phenoxy) is 1. The van der Waals surface area contributed by atoms with Crippen LogP contribution in [0.4, 0.5) is 0 Å². The number of benzene rings is 1. The predicted octanol–water partition coefficient (Wildman–Crippen LogP) is 4.34. The molecule has 0 amide bonds. The van der Waals surface area contributed by atoms with E-state index in [9.17, 15) is 4.79 Å². The van der Waals surface area contributed by atoms with Gasteiger partial charge in [-0.2, -0.15) is 0 Å². The van der Waals surface area contributed by atoms with Crippen LogP contribution in [-0.4, -0.2) is 12.4 Å². The molecular weight excluding hydrogens is 260 g/mol. The third kappa shape index (κ3) is 3.14.